The molecule has 4 heteroatoms. The first-order chi connectivity index (χ1) is 6.74. The van der Waals surface area contributed by atoms with Gasteiger partial charge in [-0.3, -0.25) is 0 Å². The van der Waals surface area contributed by atoms with E-state index in [-0.39, 0.29) is 49.8 Å². The van der Waals surface area contributed by atoms with Crippen molar-refractivity contribution in [2.24, 2.45) is 0 Å². The van der Waals surface area contributed by atoms with E-state index in [1.54, 1.807) is 11.1 Å². The second-order valence-electron chi connectivity index (χ2n) is 5.57. The van der Waals surface area contributed by atoms with Gasteiger partial charge in [-0.1, -0.05) is 0 Å². The molecule has 1 aliphatic rings. The van der Waals surface area contributed by atoms with Gasteiger partial charge in [0.15, 0.2) is 0 Å². The van der Waals surface area contributed by atoms with Gasteiger partial charge in [0.05, 0.1) is 0 Å². The van der Waals surface area contributed by atoms with Crippen LogP contribution in [-0.2, 0) is 19.4 Å². The fourth-order valence-electron chi connectivity index (χ4n) is 1.85. The van der Waals surface area contributed by atoms with Crippen LogP contribution in [0.5, 0.6) is 0 Å². The first kappa shape index (κ1) is 20.1. The Kier molecular flexibility index (Phi) is 8.68. The number of rotatable bonds is 2. The minimum absolute atomic E-state index is 0. The standard InChI is InChI=1S/C9H13.C4H10N.2ClH.Ti/c1-6-5-7(2)9(4)8(6)3;1-4(2,3)5;;;/h5H,1-4H3;5H,1-3H3;2*1H;/q;-1;;;+3/p-2. The summed E-state index contributed by atoms with van der Waals surface area (Å²) in [5, 5.41) is 0. The predicted molar refractivity (Wildman–Crippen MR) is 63.4 cm³/mol. The predicted octanol–water partition coefficient (Wildman–Crippen LogP) is -2.15. The van der Waals surface area contributed by atoms with Crippen molar-refractivity contribution in [2.75, 3.05) is 0 Å². The smallest absolute Gasteiger partial charge is 1.00 e. The van der Waals surface area contributed by atoms with E-state index in [9.17, 15) is 0 Å². The molecule has 0 spiro atoms. The Morgan fingerprint density at radius 3 is 1.53 bits per heavy atom. The quantitative estimate of drug-likeness (QED) is 0.574. The average Bonchev–Trinajstić information content (AvgIpc) is 2.28. The molecule has 0 unspecified atom stereocenters. The molecule has 0 radical (unpaired) electrons. The zero-order valence-electron chi connectivity index (χ0n) is 11.8. The van der Waals surface area contributed by atoms with E-state index < -0.39 is 0 Å². The van der Waals surface area contributed by atoms with Crippen molar-refractivity contribution in [3.8, 4) is 0 Å². The Bertz CT molecular complexity index is 303. The van der Waals surface area contributed by atoms with Crippen LogP contribution < -0.4 is 28.6 Å². The summed E-state index contributed by atoms with van der Waals surface area (Å²) < 4.78 is 4.46. The largest absolute Gasteiger partial charge is 1.00 e. The van der Waals surface area contributed by atoms with E-state index in [2.05, 4.69) is 52.3 Å². The topological polar surface area (TPSA) is 12.0 Å². The van der Waals surface area contributed by atoms with Gasteiger partial charge in [0.1, 0.15) is 0 Å². The first-order valence-electron chi connectivity index (χ1n) is 5.62. The molecule has 17 heavy (non-hydrogen) atoms. The molecular weight excluding hydrogens is 289 g/mol. The fraction of sp³-hybridized carbons (Fsp3) is 0.692. The van der Waals surface area contributed by atoms with Gasteiger partial charge in [0.2, 0.25) is 0 Å². The third kappa shape index (κ3) is 5.08. The third-order valence-corrected chi connectivity index (χ3v) is 6.40. The minimum Gasteiger partial charge on any atom is -1.00 e. The molecule has 0 fully saturated rings. The molecule has 0 saturated heterocycles. The van der Waals surface area contributed by atoms with Crippen molar-refractivity contribution < 1.29 is 44.2 Å². The van der Waals surface area contributed by atoms with Crippen LogP contribution in [0.4, 0.5) is 0 Å². The molecule has 0 bridgehead atoms. The Balaban J connectivity index is 0. The van der Waals surface area contributed by atoms with Crippen molar-refractivity contribution >= 4 is 0 Å². The molecule has 1 aliphatic carbocycles. The van der Waals surface area contributed by atoms with Crippen molar-refractivity contribution in [1.29, 1.82) is 0 Å². The van der Waals surface area contributed by atoms with Crippen molar-refractivity contribution in [2.45, 2.75) is 58.2 Å². The molecule has 0 amide bonds. The maximum atomic E-state index is 3.72. The van der Waals surface area contributed by atoms with Crippen molar-refractivity contribution in [3.05, 3.63) is 22.3 Å². The van der Waals surface area contributed by atoms with Crippen molar-refractivity contribution in [3.63, 3.8) is 0 Å². The van der Waals surface area contributed by atoms with E-state index in [0.717, 1.165) is 4.22 Å². The van der Waals surface area contributed by atoms with E-state index in [1.807, 2.05) is 0 Å². The number of allylic oxidation sites excluding steroid dienone is 4. The maximum Gasteiger partial charge on any atom is -1.00 e. The van der Waals surface area contributed by atoms with Gasteiger partial charge in [0, 0.05) is 0 Å². The molecule has 0 atom stereocenters. The van der Waals surface area contributed by atoms with Gasteiger partial charge in [-0.05, 0) is 0 Å². The van der Waals surface area contributed by atoms with Crippen LogP contribution in [0.2, 0.25) is 4.22 Å². The summed E-state index contributed by atoms with van der Waals surface area (Å²) in [6.45, 7) is 15.9. The number of halogens is 2. The van der Waals surface area contributed by atoms with Crippen LogP contribution in [-0.4, -0.2) is 5.54 Å². The summed E-state index contributed by atoms with van der Waals surface area (Å²) in [4.78, 5) is 0. The Morgan fingerprint density at radius 1 is 0.882 bits per heavy atom. The Morgan fingerprint density at radius 2 is 1.24 bits per heavy atom. The zero-order valence-corrected chi connectivity index (χ0v) is 14.9. The molecule has 0 aromatic rings. The molecule has 0 aromatic carbocycles. The Hall–Kier alpha value is 0.734. The summed E-state index contributed by atoms with van der Waals surface area (Å²) >= 11 is -0.110. The van der Waals surface area contributed by atoms with E-state index in [1.165, 1.54) is 11.1 Å². The van der Waals surface area contributed by atoms with Gasteiger partial charge in [-0.25, -0.2) is 0 Å². The summed E-state index contributed by atoms with van der Waals surface area (Å²) in [7, 11) is 0. The Labute approximate surface area is 128 Å². The molecule has 1 N–H and O–H groups in total. The van der Waals surface area contributed by atoms with Gasteiger partial charge in [-0.2, -0.15) is 0 Å². The monoisotopic (exact) mass is 311 g/mol. The second-order valence-corrected chi connectivity index (χ2v) is 7.31. The minimum atomic E-state index is -0.110. The molecule has 0 heterocycles. The zero-order chi connectivity index (χ0) is 11.8. The third-order valence-electron chi connectivity index (χ3n) is 3.20. The molecule has 1 nitrogen and oxygen atoms in total. The molecule has 98 valence electrons. The van der Waals surface area contributed by atoms with Crippen LogP contribution >= 0.6 is 0 Å². The van der Waals surface area contributed by atoms with Crippen LogP contribution in [0, 0.1) is 0 Å². The van der Waals surface area contributed by atoms with Gasteiger partial charge in [0.25, 0.3) is 0 Å². The molecular formula is C13H23Cl2NTi. The molecule has 1 rings (SSSR count). The fourth-order valence-corrected chi connectivity index (χ4v) is 4.11. The van der Waals surface area contributed by atoms with Gasteiger partial charge in [-0.15, -0.1) is 0 Å². The van der Waals surface area contributed by atoms with Crippen LogP contribution in [0.15, 0.2) is 22.3 Å². The summed E-state index contributed by atoms with van der Waals surface area (Å²) in [6.07, 6.45) is 0. The first-order valence-corrected chi connectivity index (χ1v) is 7.30. The van der Waals surface area contributed by atoms with Gasteiger partial charge >= 0.3 is 104 Å². The van der Waals surface area contributed by atoms with Crippen LogP contribution in [0.1, 0.15) is 48.5 Å². The molecule has 0 aliphatic heterocycles. The summed E-state index contributed by atoms with van der Waals surface area (Å²) in [6, 6.07) is 0. The van der Waals surface area contributed by atoms with Gasteiger partial charge < -0.3 is 24.8 Å². The number of hydrogen-bond acceptors (Lipinski definition) is 1. The summed E-state index contributed by atoms with van der Waals surface area (Å²) in [5.41, 5.74) is 6.52. The average molecular weight is 312 g/mol. The van der Waals surface area contributed by atoms with E-state index in [4.69, 9.17) is 0 Å². The number of hydrogen-bond donors (Lipinski definition) is 1. The van der Waals surface area contributed by atoms with Crippen LogP contribution in [0.25, 0.3) is 0 Å². The maximum absolute atomic E-state index is 3.72. The molecule has 0 saturated carbocycles. The SMILES string of the molecule is CC1=C(C)[CH]([Ti+2][NH]C(C)(C)C)C(C)=C1C.[Cl-].[Cl-]. The normalized spacial score (nSPS) is 16.6. The van der Waals surface area contributed by atoms with E-state index in [0.29, 0.717) is 0 Å². The van der Waals surface area contributed by atoms with E-state index >= 15 is 0 Å². The van der Waals surface area contributed by atoms with Crippen LogP contribution in [0.3, 0.4) is 0 Å². The number of nitrogens with one attached hydrogen (secondary N) is 1. The summed E-state index contributed by atoms with van der Waals surface area (Å²) in [5.74, 6) is 0. The molecule has 0 aromatic heterocycles. The van der Waals surface area contributed by atoms with Crippen molar-refractivity contribution in [1.82, 2.24) is 3.80 Å². The second kappa shape index (κ2) is 7.35.